The highest BCUT2D eigenvalue weighted by atomic mass is 32.2. The number of carbonyl (C=O) groups is 1. The third kappa shape index (κ3) is 5.45. The smallest absolute Gasteiger partial charge is 0.248 e. The Morgan fingerprint density at radius 3 is 2.68 bits per heavy atom. The van der Waals surface area contributed by atoms with E-state index in [9.17, 15) is 13.2 Å². The highest BCUT2D eigenvalue weighted by molar-refractivity contribution is 7.89. The molecule has 1 aliphatic rings. The Balaban J connectivity index is 1.71. The van der Waals surface area contributed by atoms with Crippen molar-refractivity contribution < 1.29 is 17.7 Å². The van der Waals surface area contributed by atoms with Gasteiger partial charge in [-0.2, -0.15) is 4.31 Å². The molecule has 9 heteroatoms. The fraction of sp³-hybridized carbons (Fsp3) is 0.545. The van der Waals surface area contributed by atoms with Gasteiger partial charge in [0.15, 0.2) is 10.7 Å². The van der Waals surface area contributed by atoms with Crippen LogP contribution in [0, 0.1) is 12.8 Å². The van der Waals surface area contributed by atoms with Crippen molar-refractivity contribution in [3.05, 3.63) is 33.8 Å². The van der Waals surface area contributed by atoms with Gasteiger partial charge >= 0.3 is 0 Å². The molecule has 0 saturated carbocycles. The molecule has 1 aliphatic heterocycles. The molecule has 0 spiro atoms. The van der Waals surface area contributed by atoms with Crippen LogP contribution in [0.3, 0.4) is 0 Å². The van der Waals surface area contributed by atoms with Gasteiger partial charge in [0.25, 0.3) is 0 Å². The van der Waals surface area contributed by atoms with Gasteiger partial charge in [-0.25, -0.2) is 8.42 Å². The Labute approximate surface area is 188 Å². The lowest BCUT2D eigenvalue weighted by Gasteiger charge is -2.33. The predicted octanol–water partition coefficient (Wildman–Crippen LogP) is 4.26. The van der Waals surface area contributed by atoms with Gasteiger partial charge in [-0.05, 0) is 56.7 Å². The van der Waals surface area contributed by atoms with E-state index in [4.69, 9.17) is 4.52 Å². The summed E-state index contributed by atoms with van der Waals surface area (Å²) in [4.78, 5) is 15.9. The number of nitrogens with zero attached hydrogens (tertiary/aromatic N) is 3. The molecule has 0 aromatic carbocycles. The van der Waals surface area contributed by atoms with E-state index in [2.05, 4.69) is 12.1 Å². The minimum absolute atomic E-state index is 0.114. The lowest BCUT2D eigenvalue weighted by molar-refractivity contribution is -0.136. The van der Waals surface area contributed by atoms with Gasteiger partial charge in [0.05, 0.1) is 0 Å². The summed E-state index contributed by atoms with van der Waals surface area (Å²) in [5.41, 5.74) is 0.348. The number of thiophene rings is 1. The molecular formula is C22H31N3O4S2. The zero-order valence-corrected chi connectivity index (χ0v) is 20.0. The highest BCUT2D eigenvalue weighted by Gasteiger charge is 2.36. The molecule has 1 fully saturated rings. The fourth-order valence-electron chi connectivity index (χ4n) is 3.85. The summed E-state index contributed by atoms with van der Waals surface area (Å²) in [7, 11) is -3.76. The average molecular weight is 466 g/mol. The van der Waals surface area contributed by atoms with Crippen LogP contribution in [0.15, 0.2) is 26.9 Å². The molecule has 1 saturated heterocycles. The van der Waals surface area contributed by atoms with E-state index < -0.39 is 10.0 Å². The van der Waals surface area contributed by atoms with Crippen molar-refractivity contribution in [2.45, 2.75) is 51.3 Å². The van der Waals surface area contributed by atoms with Crippen LogP contribution < -0.4 is 0 Å². The number of aryl methyl sites for hydroxylation is 1. The first-order valence-electron chi connectivity index (χ1n) is 10.8. The van der Waals surface area contributed by atoms with E-state index in [1.807, 2.05) is 35.4 Å². The first-order valence-corrected chi connectivity index (χ1v) is 13.2. The maximum atomic E-state index is 13.4. The first kappa shape index (κ1) is 23.7. The van der Waals surface area contributed by atoms with E-state index in [-0.39, 0.29) is 22.5 Å². The van der Waals surface area contributed by atoms with Crippen molar-refractivity contribution in [3.63, 3.8) is 0 Å². The lowest BCUT2D eigenvalue weighted by Crippen LogP contribution is -2.44. The van der Waals surface area contributed by atoms with E-state index in [0.29, 0.717) is 38.2 Å². The Hall–Kier alpha value is -1.97. The summed E-state index contributed by atoms with van der Waals surface area (Å²) in [6.45, 7) is 7.85. The minimum atomic E-state index is -3.76. The molecule has 0 N–H and O–H groups in total. The second-order valence-electron chi connectivity index (χ2n) is 7.76. The molecule has 2 aromatic rings. The van der Waals surface area contributed by atoms with Gasteiger partial charge in [-0.3, -0.25) is 4.79 Å². The van der Waals surface area contributed by atoms with E-state index >= 15 is 0 Å². The molecule has 7 nitrogen and oxygen atoms in total. The molecule has 170 valence electrons. The monoisotopic (exact) mass is 465 g/mol. The summed E-state index contributed by atoms with van der Waals surface area (Å²) in [5.74, 6) is 0.263. The summed E-state index contributed by atoms with van der Waals surface area (Å²) in [5, 5.41) is 5.85. The van der Waals surface area contributed by atoms with Crippen molar-refractivity contribution in [3.8, 4) is 0 Å². The number of rotatable bonds is 9. The molecule has 0 aliphatic carbocycles. The first-order chi connectivity index (χ1) is 14.9. The average Bonchev–Trinajstić information content (AvgIpc) is 3.42. The van der Waals surface area contributed by atoms with Crippen LogP contribution >= 0.6 is 11.3 Å². The van der Waals surface area contributed by atoms with Gasteiger partial charge in [0.2, 0.25) is 15.9 Å². The van der Waals surface area contributed by atoms with Crippen LogP contribution in [0.4, 0.5) is 0 Å². The summed E-state index contributed by atoms with van der Waals surface area (Å²) >= 11 is 1.56. The number of aromatic nitrogens is 1. The number of hydrogen-bond donors (Lipinski definition) is 0. The maximum absolute atomic E-state index is 13.4. The van der Waals surface area contributed by atoms with E-state index in [0.717, 1.165) is 24.3 Å². The van der Waals surface area contributed by atoms with Crippen molar-refractivity contribution in [1.82, 2.24) is 14.4 Å². The second kappa shape index (κ2) is 10.6. The van der Waals surface area contributed by atoms with E-state index in [1.54, 1.807) is 24.3 Å². The molecule has 0 atom stereocenters. The second-order valence-corrected chi connectivity index (χ2v) is 10.6. The van der Waals surface area contributed by atoms with Crippen LogP contribution in [0.2, 0.25) is 0 Å². The van der Waals surface area contributed by atoms with Crippen molar-refractivity contribution >= 4 is 39.4 Å². The third-order valence-electron chi connectivity index (χ3n) is 5.65. The molecule has 0 radical (unpaired) electrons. The fourth-order valence-corrected chi connectivity index (χ4v) is 6.18. The normalized spacial score (nSPS) is 16.2. The molecule has 31 heavy (non-hydrogen) atoms. The Bertz CT molecular complexity index is 988. The molecule has 0 unspecified atom stereocenters. The summed E-state index contributed by atoms with van der Waals surface area (Å²) in [6, 6.07) is 3.88. The molecule has 0 bridgehead atoms. The van der Waals surface area contributed by atoms with Gasteiger partial charge in [-0.15, -0.1) is 11.3 Å². The number of carbonyl (C=O) groups excluding carboxylic acids is 1. The number of sulfonamides is 1. The van der Waals surface area contributed by atoms with E-state index in [1.165, 1.54) is 4.31 Å². The largest absolute Gasteiger partial charge is 0.355 e. The topological polar surface area (TPSA) is 83.7 Å². The molecule has 3 rings (SSSR count). The molecule has 2 aromatic heterocycles. The SMILES string of the molecule is CCCCN(CC)C(=O)C1CCN(S(=O)(=O)c2c(C)noc2C=Cc2cccs2)CC1. The van der Waals surface area contributed by atoms with Gasteiger partial charge in [-0.1, -0.05) is 24.6 Å². The van der Waals surface area contributed by atoms with Crippen LogP contribution in [0.25, 0.3) is 12.2 Å². The number of hydrogen-bond acceptors (Lipinski definition) is 6. The van der Waals surface area contributed by atoms with Crippen molar-refractivity contribution in [1.29, 1.82) is 0 Å². The van der Waals surface area contributed by atoms with Crippen molar-refractivity contribution in [2.75, 3.05) is 26.2 Å². The molecule has 3 heterocycles. The van der Waals surface area contributed by atoms with Crippen LogP contribution in [-0.2, 0) is 14.8 Å². The highest BCUT2D eigenvalue weighted by Crippen LogP contribution is 2.30. The van der Waals surface area contributed by atoms with Crippen molar-refractivity contribution in [2.24, 2.45) is 5.92 Å². The lowest BCUT2D eigenvalue weighted by atomic mass is 9.96. The van der Waals surface area contributed by atoms with Gasteiger partial charge in [0.1, 0.15) is 5.69 Å². The maximum Gasteiger partial charge on any atom is 0.248 e. The summed E-state index contributed by atoms with van der Waals surface area (Å²) < 4.78 is 33.5. The van der Waals surface area contributed by atoms with Gasteiger partial charge < -0.3 is 9.42 Å². The number of unbranched alkanes of at least 4 members (excludes halogenated alkanes) is 1. The van der Waals surface area contributed by atoms with Crippen LogP contribution in [0.5, 0.6) is 0 Å². The third-order valence-corrected chi connectivity index (χ3v) is 8.55. The number of amides is 1. The zero-order valence-electron chi connectivity index (χ0n) is 18.4. The van der Waals surface area contributed by atoms with Crippen LogP contribution in [0.1, 0.15) is 55.9 Å². The summed E-state index contributed by atoms with van der Waals surface area (Å²) in [6.07, 6.45) is 6.58. The van der Waals surface area contributed by atoms with Crippen LogP contribution in [-0.4, -0.2) is 54.9 Å². The van der Waals surface area contributed by atoms with Gasteiger partial charge in [0, 0.05) is 37.0 Å². The Kier molecular flexibility index (Phi) is 8.07. The Morgan fingerprint density at radius 1 is 1.32 bits per heavy atom. The molecule has 1 amide bonds. The minimum Gasteiger partial charge on any atom is -0.355 e. The number of piperidine rings is 1. The Morgan fingerprint density at radius 2 is 2.06 bits per heavy atom. The quantitative estimate of drug-likeness (QED) is 0.552. The molecular weight excluding hydrogens is 434 g/mol. The predicted molar refractivity (Wildman–Crippen MR) is 123 cm³/mol. The standard InChI is InChI=1S/C22H31N3O4S2/c1-4-6-13-24(5-2)22(26)18-11-14-25(15-12-18)31(27,28)21-17(3)23-29-20(21)10-9-19-8-7-16-30-19/h7-10,16,18H,4-6,11-15H2,1-3H3. The zero-order chi connectivity index (χ0) is 22.4.